The van der Waals surface area contributed by atoms with Gasteiger partial charge in [-0.05, 0) is 18.1 Å². The fraction of sp³-hybridized carbons (Fsp3) is 0.231. The number of aliphatic hydroxyl groups excluding tert-OH is 1. The molecule has 3 N–H and O–H groups in total. The lowest BCUT2D eigenvalue weighted by Crippen LogP contribution is -2.29. The fourth-order valence-electron chi connectivity index (χ4n) is 1.83. The van der Waals surface area contributed by atoms with Crippen LogP contribution in [0.25, 0.3) is 10.4 Å². The molecule has 0 aliphatic heterocycles. The van der Waals surface area contributed by atoms with Gasteiger partial charge in [0.15, 0.2) is 0 Å². The second-order valence-electron chi connectivity index (χ2n) is 4.07. The van der Waals surface area contributed by atoms with Crippen LogP contribution < -0.4 is 5.32 Å². The Hall–Kier alpha value is -1.92. The van der Waals surface area contributed by atoms with Gasteiger partial charge in [-0.15, -0.1) is 11.3 Å². The molecule has 0 saturated heterocycles. The Bertz CT molecular complexity index is 566. The zero-order valence-corrected chi connectivity index (χ0v) is 11.1. The van der Waals surface area contributed by atoms with Crippen LogP contribution in [0.4, 0.5) is 4.79 Å². The summed E-state index contributed by atoms with van der Waals surface area (Å²) in [5.41, 5.74) is 4.54. The average Bonchev–Trinajstić information content (AvgIpc) is 2.82. The summed E-state index contributed by atoms with van der Waals surface area (Å²) in [6.07, 6.45) is -1.15. The number of hydrogen-bond acceptors (Lipinski definition) is 4. The molecule has 0 aliphatic rings. The van der Waals surface area contributed by atoms with Crippen molar-refractivity contribution in [2.24, 2.45) is 0 Å². The maximum absolute atomic E-state index is 10.6. The highest BCUT2D eigenvalue weighted by molar-refractivity contribution is 7.13. The minimum Gasteiger partial charge on any atom is -0.465 e. The molecule has 1 aromatic carbocycles. The van der Waals surface area contributed by atoms with E-state index in [0.717, 1.165) is 21.7 Å². The van der Waals surface area contributed by atoms with Gasteiger partial charge >= 0.3 is 6.09 Å². The van der Waals surface area contributed by atoms with Gasteiger partial charge in [-0.3, -0.25) is 0 Å². The molecule has 19 heavy (non-hydrogen) atoms. The lowest BCUT2D eigenvalue weighted by molar-refractivity contribution is 0.177. The summed E-state index contributed by atoms with van der Waals surface area (Å²) < 4.78 is 0. The van der Waals surface area contributed by atoms with E-state index in [-0.39, 0.29) is 6.61 Å². The number of aromatic nitrogens is 1. The van der Waals surface area contributed by atoms with Gasteiger partial charge in [-0.25, -0.2) is 9.78 Å². The Morgan fingerprint density at radius 2 is 2.11 bits per heavy atom. The molecule has 2 rings (SSSR count). The predicted molar refractivity (Wildman–Crippen MR) is 73.3 cm³/mol. The summed E-state index contributed by atoms with van der Waals surface area (Å²) in [6.45, 7) is 1.67. The van der Waals surface area contributed by atoms with Gasteiger partial charge in [0, 0.05) is 0 Å². The molecule has 1 unspecified atom stereocenters. The van der Waals surface area contributed by atoms with Crippen LogP contribution in [0.3, 0.4) is 0 Å². The molecular formula is C13H14N2O3S. The van der Waals surface area contributed by atoms with E-state index in [1.54, 1.807) is 16.8 Å². The van der Waals surface area contributed by atoms with Crippen molar-refractivity contribution in [1.82, 2.24) is 10.3 Å². The molecule has 1 amide bonds. The first-order valence-electron chi connectivity index (χ1n) is 5.72. The predicted octanol–water partition coefficient (Wildman–Crippen LogP) is 2.42. The molecule has 5 nitrogen and oxygen atoms in total. The summed E-state index contributed by atoms with van der Waals surface area (Å²) in [6, 6.07) is 6.83. The molecule has 0 fully saturated rings. The van der Waals surface area contributed by atoms with Crippen molar-refractivity contribution in [1.29, 1.82) is 0 Å². The van der Waals surface area contributed by atoms with Crippen LogP contribution in [0, 0.1) is 6.92 Å². The summed E-state index contributed by atoms with van der Waals surface area (Å²) in [4.78, 5) is 15.9. The van der Waals surface area contributed by atoms with Crippen LogP contribution in [0.15, 0.2) is 29.8 Å². The van der Waals surface area contributed by atoms with Gasteiger partial charge in [-0.2, -0.15) is 0 Å². The molecule has 0 aliphatic carbocycles. The number of aryl methyl sites for hydroxylation is 1. The highest BCUT2D eigenvalue weighted by Crippen LogP contribution is 2.28. The van der Waals surface area contributed by atoms with Gasteiger partial charge in [-0.1, -0.05) is 24.3 Å². The van der Waals surface area contributed by atoms with Crippen molar-refractivity contribution in [3.05, 3.63) is 41.0 Å². The largest absolute Gasteiger partial charge is 0.465 e. The molecular weight excluding hydrogens is 264 g/mol. The topological polar surface area (TPSA) is 82.5 Å². The standard InChI is InChI=1S/C13H14N2O3S/c1-8-12(19-7-14-8)10-4-2-9(3-5-10)11(6-16)15-13(17)18/h2-5,7,11,15-16H,6H2,1H3,(H,17,18). The van der Waals surface area contributed by atoms with Gasteiger partial charge in [0.25, 0.3) is 0 Å². The van der Waals surface area contributed by atoms with Crippen molar-refractivity contribution in [3.63, 3.8) is 0 Å². The lowest BCUT2D eigenvalue weighted by Gasteiger charge is -2.14. The number of nitrogens with zero attached hydrogens (tertiary/aromatic N) is 1. The van der Waals surface area contributed by atoms with Crippen LogP contribution in [0.2, 0.25) is 0 Å². The Morgan fingerprint density at radius 1 is 1.42 bits per heavy atom. The Labute approximate surface area is 114 Å². The van der Waals surface area contributed by atoms with Crippen LogP contribution >= 0.6 is 11.3 Å². The Balaban J connectivity index is 2.22. The number of hydrogen-bond donors (Lipinski definition) is 3. The maximum atomic E-state index is 10.6. The quantitative estimate of drug-likeness (QED) is 0.802. The number of rotatable bonds is 4. The molecule has 0 spiro atoms. The van der Waals surface area contributed by atoms with Gasteiger partial charge in [0.1, 0.15) is 0 Å². The number of benzene rings is 1. The van der Waals surface area contributed by atoms with E-state index in [2.05, 4.69) is 10.3 Å². The monoisotopic (exact) mass is 278 g/mol. The van der Waals surface area contributed by atoms with Crippen molar-refractivity contribution in [2.45, 2.75) is 13.0 Å². The van der Waals surface area contributed by atoms with E-state index < -0.39 is 12.1 Å². The number of amides is 1. The first kappa shape index (κ1) is 13.5. The molecule has 1 atom stereocenters. The summed E-state index contributed by atoms with van der Waals surface area (Å²) in [5, 5.41) is 20.1. The summed E-state index contributed by atoms with van der Waals surface area (Å²) in [7, 11) is 0. The number of nitrogens with one attached hydrogen (secondary N) is 1. The zero-order valence-electron chi connectivity index (χ0n) is 10.3. The van der Waals surface area contributed by atoms with E-state index in [0.29, 0.717) is 0 Å². The minimum atomic E-state index is -1.15. The molecule has 2 aromatic rings. The van der Waals surface area contributed by atoms with Crippen LogP contribution in [0.1, 0.15) is 17.3 Å². The molecule has 100 valence electrons. The van der Waals surface area contributed by atoms with Crippen molar-refractivity contribution in [2.75, 3.05) is 6.61 Å². The highest BCUT2D eigenvalue weighted by atomic mass is 32.1. The fourth-order valence-corrected chi connectivity index (χ4v) is 2.64. The maximum Gasteiger partial charge on any atom is 0.405 e. The Morgan fingerprint density at radius 3 is 2.58 bits per heavy atom. The molecule has 0 saturated carbocycles. The Kier molecular flexibility index (Phi) is 4.13. The zero-order chi connectivity index (χ0) is 13.8. The first-order chi connectivity index (χ1) is 9.11. The third-order valence-corrected chi connectivity index (χ3v) is 3.78. The van der Waals surface area contributed by atoms with Crippen molar-refractivity contribution < 1.29 is 15.0 Å². The second kappa shape index (κ2) is 5.81. The van der Waals surface area contributed by atoms with Crippen molar-refractivity contribution >= 4 is 17.4 Å². The van der Waals surface area contributed by atoms with E-state index in [1.165, 1.54) is 0 Å². The molecule has 1 heterocycles. The average molecular weight is 278 g/mol. The number of aliphatic hydroxyl groups is 1. The normalized spacial score (nSPS) is 12.1. The van der Waals surface area contributed by atoms with Gasteiger partial charge in [0.05, 0.1) is 28.7 Å². The lowest BCUT2D eigenvalue weighted by atomic mass is 10.0. The SMILES string of the molecule is Cc1ncsc1-c1ccc(C(CO)NC(=O)O)cc1. The van der Waals surface area contributed by atoms with Crippen LogP contribution in [-0.2, 0) is 0 Å². The number of carbonyl (C=O) groups is 1. The number of thiazole rings is 1. The minimum absolute atomic E-state index is 0.273. The van der Waals surface area contributed by atoms with Gasteiger partial charge < -0.3 is 15.5 Å². The van der Waals surface area contributed by atoms with Gasteiger partial charge in [0.2, 0.25) is 0 Å². The molecule has 0 bridgehead atoms. The van der Waals surface area contributed by atoms with E-state index in [4.69, 9.17) is 5.11 Å². The van der Waals surface area contributed by atoms with E-state index in [9.17, 15) is 9.90 Å². The first-order valence-corrected chi connectivity index (χ1v) is 6.60. The van der Waals surface area contributed by atoms with Crippen LogP contribution in [0.5, 0.6) is 0 Å². The summed E-state index contributed by atoms with van der Waals surface area (Å²) in [5.74, 6) is 0. The third kappa shape index (κ3) is 3.10. The third-order valence-electron chi connectivity index (χ3n) is 2.80. The molecule has 1 aromatic heterocycles. The van der Waals surface area contributed by atoms with Crippen molar-refractivity contribution in [3.8, 4) is 10.4 Å². The smallest absolute Gasteiger partial charge is 0.405 e. The van der Waals surface area contributed by atoms with E-state index >= 15 is 0 Å². The van der Waals surface area contributed by atoms with Crippen LogP contribution in [-0.4, -0.2) is 27.9 Å². The number of carboxylic acid groups (broad SMARTS) is 1. The highest BCUT2D eigenvalue weighted by Gasteiger charge is 2.13. The summed E-state index contributed by atoms with van der Waals surface area (Å²) >= 11 is 1.56. The van der Waals surface area contributed by atoms with E-state index in [1.807, 2.05) is 31.2 Å². The molecule has 0 radical (unpaired) electrons. The second-order valence-corrected chi connectivity index (χ2v) is 4.93. The molecule has 6 heteroatoms.